The van der Waals surface area contributed by atoms with Gasteiger partial charge in [-0.2, -0.15) is 0 Å². The molecule has 0 aliphatic heterocycles. The average Bonchev–Trinajstić information content (AvgIpc) is 2.93. The van der Waals surface area contributed by atoms with Crippen LogP contribution in [0.25, 0.3) is 0 Å². The summed E-state index contributed by atoms with van der Waals surface area (Å²) in [6.07, 6.45) is 1.91. The van der Waals surface area contributed by atoms with Gasteiger partial charge in [-0.1, -0.05) is 0 Å². The van der Waals surface area contributed by atoms with Crippen LogP contribution >= 0.6 is 0 Å². The molecule has 1 atom stereocenters. The molecule has 1 saturated carbocycles. The van der Waals surface area contributed by atoms with Crippen molar-refractivity contribution >= 4 is 12.0 Å². The van der Waals surface area contributed by atoms with Crippen LogP contribution in [-0.4, -0.2) is 40.9 Å². The van der Waals surface area contributed by atoms with Gasteiger partial charge in [0.2, 0.25) is 0 Å². The number of carboxylic acids is 1. The normalized spacial score (nSPS) is 18.6. The van der Waals surface area contributed by atoms with Gasteiger partial charge >= 0.3 is 12.0 Å². The zero-order chi connectivity index (χ0) is 12.2. The lowest BCUT2D eigenvalue weighted by Gasteiger charge is -2.21. The third kappa shape index (κ3) is 5.55. The van der Waals surface area contributed by atoms with Gasteiger partial charge in [0.05, 0.1) is 12.0 Å². The van der Waals surface area contributed by atoms with Gasteiger partial charge in [-0.05, 0) is 25.7 Å². The van der Waals surface area contributed by atoms with Gasteiger partial charge in [0.1, 0.15) is 0 Å². The van der Waals surface area contributed by atoms with Gasteiger partial charge in [0.25, 0.3) is 0 Å². The van der Waals surface area contributed by atoms with E-state index < -0.39 is 18.0 Å². The van der Waals surface area contributed by atoms with Crippen molar-refractivity contribution < 1.29 is 19.8 Å². The van der Waals surface area contributed by atoms with Gasteiger partial charge in [0, 0.05) is 13.1 Å². The number of rotatable bonds is 6. The van der Waals surface area contributed by atoms with Gasteiger partial charge in [0.15, 0.2) is 0 Å². The Morgan fingerprint density at radius 2 is 2.00 bits per heavy atom. The molecule has 0 heterocycles. The lowest BCUT2D eigenvalue weighted by Crippen LogP contribution is -2.46. The zero-order valence-electron chi connectivity index (χ0n) is 9.32. The number of amides is 2. The van der Waals surface area contributed by atoms with Crippen molar-refractivity contribution in [3.8, 4) is 0 Å². The molecule has 1 aliphatic carbocycles. The van der Waals surface area contributed by atoms with E-state index in [1.165, 1.54) is 6.92 Å². The molecule has 16 heavy (non-hydrogen) atoms. The Hall–Kier alpha value is -1.30. The molecule has 0 aromatic rings. The minimum absolute atomic E-state index is 0.0736. The maximum atomic E-state index is 11.2. The van der Waals surface area contributed by atoms with Crippen molar-refractivity contribution in [1.29, 1.82) is 0 Å². The Morgan fingerprint density at radius 3 is 2.50 bits per heavy atom. The van der Waals surface area contributed by atoms with Gasteiger partial charge in [-0.25, -0.2) is 4.79 Å². The predicted molar refractivity (Wildman–Crippen MR) is 57.0 cm³/mol. The molecule has 1 rings (SSSR count). The molecule has 0 radical (unpaired) electrons. The lowest BCUT2D eigenvalue weighted by molar-refractivity contribution is -0.141. The number of carbonyl (C=O) groups excluding carboxylic acids is 1. The molecule has 0 aromatic carbocycles. The van der Waals surface area contributed by atoms with Crippen molar-refractivity contribution in [2.75, 3.05) is 13.1 Å². The zero-order valence-corrected chi connectivity index (χ0v) is 9.32. The van der Waals surface area contributed by atoms with Gasteiger partial charge < -0.3 is 20.8 Å². The number of carboxylic acid groups (broad SMARTS) is 1. The van der Waals surface area contributed by atoms with Crippen LogP contribution in [0.3, 0.4) is 0 Å². The first-order chi connectivity index (χ1) is 7.39. The molecular formula is C10H18N2O4. The van der Waals surface area contributed by atoms with Crippen LogP contribution in [0.4, 0.5) is 4.79 Å². The molecule has 92 valence electrons. The van der Waals surface area contributed by atoms with Crippen LogP contribution in [0, 0.1) is 5.92 Å². The van der Waals surface area contributed by atoms with Crippen LogP contribution in [0.1, 0.15) is 26.2 Å². The highest BCUT2D eigenvalue weighted by Crippen LogP contribution is 2.27. The Morgan fingerprint density at radius 1 is 1.38 bits per heavy atom. The molecule has 1 fully saturated rings. The summed E-state index contributed by atoms with van der Waals surface area (Å²) < 4.78 is 0. The van der Waals surface area contributed by atoms with Crippen LogP contribution in [0.2, 0.25) is 0 Å². The fourth-order valence-corrected chi connectivity index (χ4v) is 1.28. The Balaban J connectivity index is 2.15. The van der Waals surface area contributed by atoms with Crippen LogP contribution in [-0.2, 0) is 4.79 Å². The van der Waals surface area contributed by atoms with Crippen molar-refractivity contribution in [3.05, 3.63) is 0 Å². The summed E-state index contributed by atoms with van der Waals surface area (Å²) in [6.45, 7) is 1.95. The quantitative estimate of drug-likeness (QED) is 0.513. The van der Waals surface area contributed by atoms with E-state index in [4.69, 9.17) is 5.11 Å². The molecule has 6 nitrogen and oxygen atoms in total. The van der Waals surface area contributed by atoms with Gasteiger partial charge in [-0.15, -0.1) is 0 Å². The van der Waals surface area contributed by atoms with E-state index in [1.54, 1.807) is 0 Å². The average molecular weight is 230 g/mol. The summed E-state index contributed by atoms with van der Waals surface area (Å²) in [4.78, 5) is 21.6. The predicted octanol–water partition coefficient (Wildman–Crippen LogP) is -0.0787. The Labute approximate surface area is 94.0 Å². The Kier molecular flexibility index (Phi) is 4.12. The number of hydrogen-bond donors (Lipinski definition) is 4. The first-order valence-electron chi connectivity index (χ1n) is 5.35. The Bertz CT molecular complexity index is 274. The number of aliphatic hydroxyl groups is 1. The van der Waals surface area contributed by atoms with E-state index in [1.807, 2.05) is 0 Å². The van der Waals surface area contributed by atoms with Crippen LogP contribution in [0.5, 0.6) is 0 Å². The molecule has 1 unspecified atom stereocenters. The number of urea groups is 1. The highest BCUT2D eigenvalue weighted by atomic mass is 16.4. The van der Waals surface area contributed by atoms with E-state index in [0.717, 1.165) is 12.8 Å². The van der Waals surface area contributed by atoms with Crippen molar-refractivity contribution in [2.45, 2.75) is 31.8 Å². The maximum absolute atomic E-state index is 11.2. The van der Waals surface area contributed by atoms with E-state index >= 15 is 0 Å². The number of carbonyl (C=O) groups is 2. The third-order valence-electron chi connectivity index (χ3n) is 2.41. The van der Waals surface area contributed by atoms with E-state index in [2.05, 4.69) is 10.6 Å². The molecule has 0 spiro atoms. The summed E-state index contributed by atoms with van der Waals surface area (Å²) in [7, 11) is 0. The molecule has 1 aliphatic rings. The first kappa shape index (κ1) is 12.8. The van der Waals surface area contributed by atoms with Gasteiger partial charge in [-0.3, -0.25) is 4.79 Å². The highest BCUT2D eigenvalue weighted by molar-refractivity contribution is 5.74. The molecule has 0 bridgehead atoms. The molecule has 0 aromatic heterocycles. The van der Waals surface area contributed by atoms with Crippen molar-refractivity contribution in [3.63, 3.8) is 0 Å². The topological polar surface area (TPSA) is 98.7 Å². The second-order valence-electron chi connectivity index (χ2n) is 4.57. The molecular weight excluding hydrogens is 212 g/mol. The molecule has 2 amide bonds. The summed E-state index contributed by atoms with van der Waals surface area (Å²) in [5.41, 5.74) is -1.41. The number of nitrogens with one attached hydrogen (secondary N) is 2. The smallest absolute Gasteiger partial charge is 0.314 e. The second-order valence-corrected chi connectivity index (χ2v) is 4.57. The summed E-state index contributed by atoms with van der Waals surface area (Å²) in [5.74, 6) is -0.504. The fourth-order valence-electron chi connectivity index (χ4n) is 1.28. The largest absolute Gasteiger partial charge is 0.481 e. The van der Waals surface area contributed by atoms with Crippen molar-refractivity contribution in [2.24, 2.45) is 5.92 Å². The van der Waals surface area contributed by atoms with Crippen LogP contribution < -0.4 is 10.6 Å². The van der Waals surface area contributed by atoms with Crippen LogP contribution in [0.15, 0.2) is 0 Å². The van der Waals surface area contributed by atoms with E-state index in [-0.39, 0.29) is 12.6 Å². The van der Waals surface area contributed by atoms with E-state index in [0.29, 0.717) is 12.5 Å². The SMILES string of the molecule is CC(O)(CNC(=O)NCC1CC1)CC(=O)O. The number of hydrogen-bond acceptors (Lipinski definition) is 3. The van der Waals surface area contributed by atoms with E-state index in [9.17, 15) is 14.7 Å². The standard InChI is InChI=1S/C10H18N2O4/c1-10(16,4-8(13)14)6-12-9(15)11-5-7-2-3-7/h7,16H,2-6H2,1H3,(H,13,14)(H2,11,12,15). The molecule has 4 N–H and O–H groups in total. The highest BCUT2D eigenvalue weighted by Gasteiger charge is 2.25. The summed E-state index contributed by atoms with van der Waals surface area (Å²) >= 11 is 0. The van der Waals surface area contributed by atoms with Crippen molar-refractivity contribution in [1.82, 2.24) is 10.6 Å². The number of aliphatic carboxylic acids is 1. The monoisotopic (exact) mass is 230 g/mol. The molecule has 6 heteroatoms. The second kappa shape index (κ2) is 5.16. The lowest BCUT2D eigenvalue weighted by atomic mass is 10.0. The minimum Gasteiger partial charge on any atom is -0.481 e. The maximum Gasteiger partial charge on any atom is 0.314 e. The third-order valence-corrected chi connectivity index (χ3v) is 2.41. The summed E-state index contributed by atoms with van der Waals surface area (Å²) in [5, 5.41) is 23.2. The fraction of sp³-hybridized carbons (Fsp3) is 0.800. The molecule has 0 saturated heterocycles. The minimum atomic E-state index is -1.41. The first-order valence-corrected chi connectivity index (χ1v) is 5.35. The summed E-state index contributed by atoms with van der Waals surface area (Å²) in [6, 6.07) is -0.363.